The van der Waals surface area contributed by atoms with Gasteiger partial charge in [-0.3, -0.25) is 4.79 Å². The van der Waals surface area contributed by atoms with Crippen LogP contribution in [-0.2, 0) is 19.2 Å². The fourth-order valence-corrected chi connectivity index (χ4v) is 2.27. The highest BCUT2D eigenvalue weighted by molar-refractivity contribution is 6.36. The summed E-state index contributed by atoms with van der Waals surface area (Å²) in [7, 11) is 0. The second-order valence-electron chi connectivity index (χ2n) is 5.24. The fourth-order valence-electron chi connectivity index (χ4n) is 2.27. The molecule has 21 heavy (non-hydrogen) atoms. The predicted molar refractivity (Wildman–Crippen MR) is 78.1 cm³/mol. The van der Waals surface area contributed by atoms with E-state index in [1.165, 1.54) is 0 Å². The molecule has 0 fully saturated rings. The average Bonchev–Trinajstić information content (AvgIpc) is 2.90. The number of carboxylic acids is 1. The van der Waals surface area contributed by atoms with Crippen LogP contribution >= 0.6 is 0 Å². The van der Waals surface area contributed by atoms with Gasteiger partial charge in [0.2, 0.25) is 0 Å². The van der Waals surface area contributed by atoms with Crippen LogP contribution in [0.1, 0.15) is 64.7 Å². The Labute approximate surface area is 125 Å². The molecule has 0 aromatic rings. The van der Waals surface area contributed by atoms with Crippen molar-refractivity contribution in [3.05, 3.63) is 0 Å². The minimum Gasteiger partial charge on any atom is -0.481 e. The molecule has 0 spiro atoms. The standard InChI is InChI=1S/C15H25NO5/c1-2-20-15(19)13-11-12(21-16-13)9-7-5-3-4-6-8-10-14(17)18/h12H,2-11H2,1H3,(H,17,18). The lowest BCUT2D eigenvalue weighted by atomic mass is 10.0. The van der Waals surface area contributed by atoms with Crippen molar-refractivity contribution < 1.29 is 24.3 Å². The van der Waals surface area contributed by atoms with Crippen LogP contribution in [0.15, 0.2) is 5.16 Å². The molecule has 6 nitrogen and oxygen atoms in total. The van der Waals surface area contributed by atoms with Gasteiger partial charge in [0.1, 0.15) is 6.10 Å². The summed E-state index contributed by atoms with van der Waals surface area (Å²) in [6.07, 6.45) is 7.75. The van der Waals surface area contributed by atoms with E-state index in [4.69, 9.17) is 14.7 Å². The zero-order valence-corrected chi connectivity index (χ0v) is 12.7. The Balaban J connectivity index is 1.96. The van der Waals surface area contributed by atoms with Crippen molar-refractivity contribution in [3.8, 4) is 0 Å². The van der Waals surface area contributed by atoms with Crippen LogP contribution in [0.25, 0.3) is 0 Å². The van der Waals surface area contributed by atoms with Crippen molar-refractivity contribution in [3.63, 3.8) is 0 Å². The maximum absolute atomic E-state index is 11.4. The molecule has 120 valence electrons. The minimum absolute atomic E-state index is 0.00332. The monoisotopic (exact) mass is 299 g/mol. The molecule has 0 aromatic heterocycles. The first-order valence-corrected chi connectivity index (χ1v) is 7.75. The summed E-state index contributed by atoms with van der Waals surface area (Å²) < 4.78 is 4.88. The zero-order chi connectivity index (χ0) is 15.5. The Morgan fingerprint density at radius 2 is 1.90 bits per heavy atom. The highest BCUT2D eigenvalue weighted by Gasteiger charge is 2.26. The van der Waals surface area contributed by atoms with E-state index in [0.29, 0.717) is 18.7 Å². The molecule has 0 amide bonds. The Morgan fingerprint density at radius 1 is 1.24 bits per heavy atom. The van der Waals surface area contributed by atoms with Crippen molar-refractivity contribution in [1.29, 1.82) is 0 Å². The molecule has 0 bridgehead atoms. The largest absolute Gasteiger partial charge is 0.481 e. The SMILES string of the molecule is CCOC(=O)C1=NOC(CCCCCCCCC(=O)O)C1. The third-order valence-corrected chi connectivity index (χ3v) is 3.41. The number of carboxylic acid groups (broad SMARTS) is 1. The molecule has 6 heteroatoms. The third-order valence-electron chi connectivity index (χ3n) is 3.41. The van der Waals surface area contributed by atoms with E-state index in [9.17, 15) is 9.59 Å². The van der Waals surface area contributed by atoms with Crippen molar-refractivity contribution in [2.24, 2.45) is 5.16 Å². The molecular weight excluding hydrogens is 274 g/mol. The molecule has 1 heterocycles. The van der Waals surface area contributed by atoms with E-state index in [2.05, 4.69) is 5.16 Å². The van der Waals surface area contributed by atoms with Gasteiger partial charge in [-0.1, -0.05) is 30.8 Å². The van der Waals surface area contributed by atoms with Gasteiger partial charge in [0.15, 0.2) is 5.71 Å². The molecular formula is C15H25NO5. The Hall–Kier alpha value is -1.59. The summed E-state index contributed by atoms with van der Waals surface area (Å²) in [6.45, 7) is 2.12. The second-order valence-corrected chi connectivity index (χ2v) is 5.24. The van der Waals surface area contributed by atoms with E-state index < -0.39 is 5.97 Å². The first kappa shape index (κ1) is 17.5. The molecule has 1 atom stereocenters. The van der Waals surface area contributed by atoms with Crippen molar-refractivity contribution in [2.45, 2.75) is 70.8 Å². The summed E-state index contributed by atoms with van der Waals surface area (Å²) in [5, 5.41) is 12.3. The first-order chi connectivity index (χ1) is 10.1. The van der Waals surface area contributed by atoms with Crippen molar-refractivity contribution in [2.75, 3.05) is 6.61 Å². The molecule has 1 rings (SSSR count). The smallest absolute Gasteiger partial charge is 0.356 e. The van der Waals surface area contributed by atoms with Gasteiger partial charge >= 0.3 is 11.9 Å². The summed E-state index contributed by atoms with van der Waals surface area (Å²) in [5.41, 5.74) is 0.385. The predicted octanol–water partition coefficient (Wildman–Crippen LogP) is 2.90. The Bertz CT molecular complexity index is 367. The quantitative estimate of drug-likeness (QED) is 0.468. The number of hydrogen-bond acceptors (Lipinski definition) is 5. The molecule has 1 aliphatic heterocycles. The zero-order valence-electron chi connectivity index (χ0n) is 12.7. The molecule has 1 unspecified atom stereocenters. The Kier molecular flexibility index (Phi) is 8.47. The number of hydrogen-bond donors (Lipinski definition) is 1. The molecule has 0 saturated heterocycles. The molecule has 0 radical (unpaired) electrons. The number of rotatable bonds is 11. The van der Waals surface area contributed by atoms with Crippen LogP contribution in [-0.4, -0.2) is 35.5 Å². The minimum atomic E-state index is -0.717. The van der Waals surface area contributed by atoms with Gasteiger partial charge in [-0.25, -0.2) is 4.79 Å². The van der Waals surface area contributed by atoms with Gasteiger partial charge in [0.25, 0.3) is 0 Å². The van der Waals surface area contributed by atoms with Crippen LogP contribution in [0, 0.1) is 0 Å². The van der Waals surface area contributed by atoms with Crippen LogP contribution in [0.2, 0.25) is 0 Å². The summed E-state index contributed by atoms with van der Waals surface area (Å²) in [6, 6.07) is 0. The summed E-state index contributed by atoms with van der Waals surface area (Å²) in [5.74, 6) is -1.09. The number of ether oxygens (including phenoxy) is 1. The van der Waals surface area contributed by atoms with Crippen LogP contribution in [0.3, 0.4) is 0 Å². The number of nitrogens with zero attached hydrogens (tertiary/aromatic N) is 1. The molecule has 1 aliphatic rings. The summed E-state index contributed by atoms with van der Waals surface area (Å²) >= 11 is 0. The lowest BCUT2D eigenvalue weighted by Gasteiger charge is -2.07. The Morgan fingerprint density at radius 3 is 2.57 bits per heavy atom. The van der Waals surface area contributed by atoms with Crippen LogP contribution < -0.4 is 0 Å². The number of oxime groups is 1. The highest BCUT2D eigenvalue weighted by atomic mass is 16.6. The molecule has 1 N–H and O–H groups in total. The average molecular weight is 299 g/mol. The van der Waals surface area contributed by atoms with Crippen LogP contribution in [0.4, 0.5) is 0 Å². The third kappa shape index (κ3) is 7.68. The van der Waals surface area contributed by atoms with Crippen LogP contribution in [0.5, 0.6) is 0 Å². The van der Waals surface area contributed by atoms with Gasteiger partial charge in [0.05, 0.1) is 6.61 Å². The van der Waals surface area contributed by atoms with Crippen molar-refractivity contribution in [1.82, 2.24) is 0 Å². The molecule has 0 saturated carbocycles. The number of carbonyl (C=O) groups is 2. The number of aliphatic carboxylic acids is 1. The van der Waals surface area contributed by atoms with Gasteiger partial charge < -0.3 is 14.7 Å². The van der Waals surface area contributed by atoms with E-state index >= 15 is 0 Å². The van der Waals surface area contributed by atoms with E-state index in [0.717, 1.165) is 44.9 Å². The summed E-state index contributed by atoms with van der Waals surface area (Å²) in [4.78, 5) is 27.0. The fraction of sp³-hybridized carbons (Fsp3) is 0.800. The maximum atomic E-state index is 11.4. The van der Waals surface area contributed by atoms with Gasteiger partial charge in [-0.15, -0.1) is 0 Å². The number of esters is 1. The van der Waals surface area contributed by atoms with E-state index in [1.807, 2.05) is 0 Å². The normalized spacial score (nSPS) is 17.2. The van der Waals surface area contributed by atoms with Crippen molar-refractivity contribution >= 4 is 17.7 Å². The maximum Gasteiger partial charge on any atom is 0.356 e. The highest BCUT2D eigenvalue weighted by Crippen LogP contribution is 2.18. The van der Waals surface area contributed by atoms with E-state index in [1.54, 1.807) is 6.92 Å². The van der Waals surface area contributed by atoms with Gasteiger partial charge in [0, 0.05) is 12.8 Å². The van der Waals surface area contributed by atoms with Gasteiger partial charge in [-0.05, 0) is 26.2 Å². The lowest BCUT2D eigenvalue weighted by molar-refractivity contribution is -0.137. The lowest BCUT2D eigenvalue weighted by Crippen LogP contribution is -2.18. The molecule has 0 aliphatic carbocycles. The van der Waals surface area contributed by atoms with Gasteiger partial charge in [-0.2, -0.15) is 0 Å². The second kappa shape index (κ2) is 10.2. The molecule has 0 aromatic carbocycles. The first-order valence-electron chi connectivity index (χ1n) is 7.75. The topological polar surface area (TPSA) is 85.2 Å². The number of carbonyl (C=O) groups excluding carboxylic acids is 1. The van der Waals surface area contributed by atoms with E-state index in [-0.39, 0.29) is 18.5 Å². The number of unbranched alkanes of at least 4 members (excludes halogenated alkanes) is 5.